The minimum atomic E-state index is -3.87. The molecule has 0 unspecified atom stereocenters. The van der Waals surface area contributed by atoms with Crippen LogP contribution in [0.4, 0.5) is 0 Å². The van der Waals surface area contributed by atoms with Crippen LogP contribution in [0.25, 0.3) is 11.1 Å². The first kappa shape index (κ1) is 15.2. The van der Waals surface area contributed by atoms with E-state index >= 15 is 0 Å². The first-order valence-electron chi connectivity index (χ1n) is 7.07. The van der Waals surface area contributed by atoms with Crippen LogP contribution < -0.4 is 4.18 Å². The van der Waals surface area contributed by atoms with Crippen LogP contribution in [-0.2, 0) is 10.1 Å². The second kappa shape index (κ2) is 6.22. The predicted molar refractivity (Wildman–Crippen MR) is 88.7 cm³/mol. The summed E-state index contributed by atoms with van der Waals surface area (Å²) < 4.78 is 29.5. The molecule has 3 aromatic rings. The molecule has 0 radical (unpaired) electrons. The average Bonchev–Trinajstić information content (AvgIpc) is 2.56. The van der Waals surface area contributed by atoms with Crippen molar-refractivity contribution in [2.75, 3.05) is 0 Å². The third-order valence-corrected chi connectivity index (χ3v) is 4.59. The van der Waals surface area contributed by atoms with Crippen LogP contribution in [0.2, 0.25) is 0 Å². The SMILES string of the molecule is Cc1ccc(S(=O)(=O)Oc2ccc(-c3ccccc3)cn2)cc1. The number of hydrogen-bond donors (Lipinski definition) is 0. The normalized spacial score (nSPS) is 11.2. The fraction of sp³-hybridized carbons (Fsp3) is 0.0556. The summed E-state index contributed by atoms with van der Waals surface area (Å²) in [4.78, 5) is 4.19. The molecule has 0 aliphatic carbocycles. The summed E-state index contributed by atoms with van der Waals surface area (Å²) in [5.41, 5.74) is 2.88. The van der Waals surface area contributed by atoms with E-state index in [1.54, 1.807) is 30.5 Å². The Labute approximate surface area is 135 Å². The molecular formula is C18H15NO3S. The Hall–Kier alpha value is -2.66. The van der Waals surface area contributed by atoms with Gasteiger partial charge < -0.3 is 4.18 Å². The van der Waals surface area contributed by atoms with Gasteiger partial charge in [-0.3, -0.25) is 0 Å². The third-order valence-electron chi connectivity index (χ3n) is 3.35. The topological polar surface area (TPSA) is 56.3 Å². The van der Waals surface area contributed by atoms with Gasteiger partial charge in [-0.2, -0.15) is 8.42 Å². The molecule has 23 heavy (non-hydrogen) atoms. The molecule has 0 saturated heterocycles. The van der Waals surface area contributed by atoms with E-state index in [9.17, 15) is 8.42 Å². The Bertz CT molecular complexity index is 887. The number of rotatable bonds is 4. The third kappa shape index (κ3) is 3.57. The molecule has 0 spiro atoms. The van der Waals surface area contributed by atoms with Crippen molar-refractivity contribution in [1.29, 1.82) is 0 Å². The second-order valence-corrected chi connectivity index (χ2v) is 6.65. The molecule has 116 valence electrons. The second-order valence-electron chi connectivity index (χ2n) is 5.10. The van der Waals surface area contributed by atoms with Crippen molar-refractivity contribution >= 4 is 10.1 Å². The van der Waals surface area contributed by atoms with Gasteiger partial charge in [0.05, 0.1) is 0 Å². The summed E-state index contributed by atoms with van der Waals surface area (Å²) in [6, 6.07) is 19.5. The number of benzene rings is 2. The Kier molecular flexibility index (Phi) is 4.12. The summed E-state index contributed by atoms with van der Waals surface area (Å²) in [7, 11) is -3.87. The van der Waals surface area contributed by atoms with Crippen LogP contribution in [0.3, 0.4) is 0 Å². The number of nitrogens with zero attached hydrogens (tertiary/aromatic N) is 1. The van der Waals surface area contributed by atoms with E-state index in [0.29, 0.717) is 0 Å². The van der Waals surface area contributed by atoms with Crippen LogP contribution in [0.15, 0.2) is 77.8 Å². The number of aryl methyl sites for hydroxylation is 1. The van der Waals surface area contributed by atoms with Crippen LogP contribution >= 0.6 is 0 Å². The quantitative estimate of drug-likeness (QED) is 0.684. The maximum absolute atomic E-state index is 12.2. The van der Waals surface area contributed by atoms with E-state index in [1.807, 2.05) is 37.3 Å². The molecule has 0 atom stereocenters. The smallest absolute Gasteiger partial charge is 0.340 e. The average molecular weight is 325 g/mol. The van der Waals surface area contributed by atoms with Gasteiger partial charge in [-0.05, 0) is 30.7 Å². The summed E-state index contributed by atoms with van der Waals surface area (Å²) in [5.74, 6) is 0.0465. The highest BCUT2D eigenvalue weighted by atomic mass is 32.2. The van der Waals surface area contributed by atoms with Crippen LogP contribution in [0.1, 0.15) is 5.56 Å². The molecule has 0 aliphatic rings. The fourth-order valence-electron chi connectivity index (χ4n) is 2.10. The highest BCUT2D eigenvalue weighted by molar-refractivity contribution is 7.87. The molecular weight excluding hydrogens is 310 g/mol. The lowest BCUT2D eigenvalue weighted by Gasteiger charge is -2.07. The van der Waals surface area contributed by atoms with Crippen molar-refractivity contribution in [1.82, 2.24) is 4.98 Å². The molecule has 5 heteroatoms. The zero-order chi connectivity index (χ0) is 16.3. The zero-order valence-electron chi connectivity index (χ0n) is 12.5. The van der Waals surface area contributed by atoms with Gasteiger partial charge in [0, 0.05) is 17.8 Å². The molecule has 4 nitrogen and oxygen atoms in total. The van der Waals surface area contributed by atoms with Gasteiger partial charge in [-0.25, -0.2) is 4.98 Å². The van der Waals surface area contributed by atoms with Gasteiger partial charge in [-0.15, -0.1) is 0 Å². The standard InChI is InChI=1S/C18H15NO3S/c1-14-7-10-17(11-8-14)23(20,21)22-18-12-9-16(13-19-18)15-5-3-2-4-6-15/h2-13H,1H3. The molecule has 0 fully saturated rings. The van der Waals surface area contributed by atoms with Crippen molar-refractivity contribution in [3.05, 3.63) is 78.5 Å². The van der Waals surface area contributed by atoms with Crippen molar-refractivity contribution in [3.8, 4) is 17.0 Å². The first-order valence-corrected chi connectivity index (χ1v) is 8.48. The fourth-order valence-corrected chi connectivity index (χ4v) is 2.99. The number of hydrogen-bond acceptors (Lipinski definition) is 4. The van der Waals surface area contributed by atoms with Crippen molar-refractivity contribution in [2.24, 2.45) is 0 Å². The summed E-state index contributed by atoms with van der Waals surface area (Å²) in [5, 5.41) is 0. The van der Waals surface area contributed by atoms with Crippen molar-refractivity contribution in [2.45, 2.75) is 11.8 Å². The maximum atomic E-state index is 12.2. The van der Waals surface area contributed by atoms with Crippen molar-refractivity contribution < 1.29 is 12.6 Å². The minimum Gasteiger partial charge on any atom is -0.358 e. The van der Waals surface area contributed by atoms with E-state index in [-0.39, 0.29) is 10.8 Å². The van der Waals surface area contributed by atoms with Gasteiger partial charge in [0.25, 0.3) is 0 Å². The molecule has 3 rings (SSSR count). The highest BCUT2D eigenvalue weighted by Crippen LogP contribution is 2.22. The maximum Gasteiger partial charge on any atom is 0.340 e. The largest absolute Gasteiger partial charge is 0.358 e. The molecule has 1 aromatic heterocycles. The molecule has 2 aromatic carbocycles. The van der Waals surface area contributed by atoms with Crippen LogP contribution in [0, 0.1) is 6.92 Å². The Balaban J connectivity index is 1.82. The van der Waals surface area contributed by atoms with E-state index in [2.05, 4.69) is 4.98 Å². The molecule has 0 N–H and O–H groups in total. The Morgan fingerprint density at radius 1 is 0.826 bits per heavy atom. The monoisotopic (exact) mass is 325 g/mol. The molecule has 0 saturated carbocycles. The van der Waals surface area contributed by atoms with Gasteiger partial charge in [0.2, 0.25) is 5.88 Å². The van der Waals surface area contributed by atoms with Gasteiger partial charge in [0.1, 0.15) is 4.90 Å². The minimum absolute atomic E-state index is 0.0465. The Morgan fingerprint density at radius 3 is 2.13 bits per heavy atom. The first-order chi connectivity index (χ1) is 11.0. The summed E-state index contributed by atoms with van der Waals surface area (Å²) >= 11 is 0. The van der Waals surface area contributed by atoms with Crippen LogP contribution in [-0.4, -0.2) is 13.4 Å². The Morgan fingerprint density at radius 2 is 1.52 bits per heavy atom. The lowest BCUT2D eigenvalue weighted by Crippen LogP contribution is -2.10. The predicted octanol–water partition coefficient (Wildman–Crippen LogP) is 3.82. The van der Waals surface area contributed by atoms with Crippen LogP contribution in [0.5, 0.6) is 5.88 Å². The van der Waals surface area contributed by atoms with Gasteiger partial charge in [-0.1, -0.05) is 48.0 Å². The van der Waals surface area contributed by atoms with E-state index in [1.165, 1.54) is 12.1 Å². The van der Waals surface area contributed by atoms with E-state index < -0.39 is 10.1 Å². The van der Waals surface area contributed by atoms with E-state index in [0.717, 1.165) is 16.7 Å². The number of aromatic nitrogens is 1. The molecule has 0 amide bonds. The van der Waals surface area contributed by atoms with Gasteiger partial charge in [0.15, 0.2) is 0 Å². The molecule has 1 heterocycles. The lowest BCUT2D eigenvalue weighted by molar-refractivity contribution is 0.476. The summed E-state index contributed by atoms with van der Waals surface area (Å²) in [6.07, 6.45) is 1.59. The highest BCUT2D eigenvalue weighted by Gasteiger charge is 2.17. The molecule has 0 aliphatic heterocycles. The number of pyridine rings is 1. The molecule has 0 bridgehead atoms. The van der Waals surface area contributed by atoms with Crippen molar-refractivity contribution in [3.63, 3.8) is 0 Å². The van der Waals surface area contributed by atoms with E-state index in [4.69, 9.17) is 4.18 Å². The lowest BCUT2D eigenvalue weighted by atomic mass is 10.1. The van der Waals surface area contributed by atoms with Gasteiger partial charge >= 0.3 is 10.1 Å². The summed E-state index contributed by atoms with van der Waals surface area (Å²) in [6.45, 7) is 1.89. The zero-order valence-corrected chi connectivity index (χ0v) is 13.3.